The molecule has 1 rings (SSSR count). The highest BCUT2D eigenvalue weighted by Gasteiger charge is 2.28. The molecule has 0 amide bonds. The fraction of sp³-hybridized carbons (Fsp3) is 0.600. The smallest absolute Gasteiger partial charge is 0.358 e. The van der Waals surface area contributed by atoms with Crippen molar-refractivity contribution in [3.63, 3.8) is 0 Å². The van der Waals surface area contributed by atoms with Crippen LogP contribution in [0.25, 0.3) is 0 Å². The molecule has 0 spiro atoms. The van der Waals surface area contributed by atoms with Gasteiger partial charge in [-0.15, -0.1) is 0 Å². The van der Waals surface area contributed by atoms with E-state index >= 15 is 0 Å². The molecule has 2 atom stereocenters. The maximum absolute atomic E-state index is 11.6. The molecule has 0 aliphatic heterocycles. The third kappa shape index (κ3) is 3.39. The molecule has 0 radical (unpaired) electrons. The Morgan fingerprint density at radius 2 is 2.28 bits per heavy atom. The van der Waals surface area contributed by atoms with Gasteiger partial charge < -0.3 is 26.0 Å². The summed E-state index contributed by atoms with van der Waals surface area (Å²) in [5, 5.41) is 22.5. The fourth-order valence-electron chi connectivity index (χ4n) is 1.39. The number of hydrogen-bond acceptors (Lipinski definition) is 8. The van der Waals surface area contributed by atoms with Crippen LogP contribution in [0.5, 0.6) is 0 Å². The third-order valence-electron chi connectivity index (χ3n) is 2.19. The van der Waals surface area contributed by atoms with Gasteiger partial charge in [0.05, 0.1) is 17.6 Å². The molecule has 2 unspecified atom stereocenters. The minimum atomic E-state index is -1.23. The largest absolute Gasteiger partial charge is 0.461 e. The Kier molecular flexibility index (Phi) is 5.48. The minimum Gasteiger partial charge on any atom is -0.461 e. The van der Waals surface area contributed by atoms with Gasteiger partial charge >= 0.3 is 5.97 Å². The maximum atomic E-state index is 11.6. The highest BCUT2D eigenvalue weighted by Crippen LogP contribution is 2.29. The molecule has 1 aromatic heterocycles. The van der Waals surface area contributed by atoms with Gasteiger partial charge in [0, 0.05) is 6.54 Å². The van der Waals surface area contributed by atoms with E-state index in [1.807, 2.05) is 0 Å². The molecule has 18 heavy (non-hydrogen) atoms. The van der Waals surface area contributed by atoms with Gasteiger partial charge in [-0.25, -0.2) is 9.78 Å². The molecule has 0 aliphatic rings. The summed E-state index contributed by atoms with van der Waals surface area (Å²) in [6.07, 6.45) is -2.28. The number of likely N-dealkylation sites (N-methyl/N-ethyl adjacent to an activating group) is 1. The maximum Gasteiger partial charge on any atom is 0.358 e. The minimum absolute atomic E-state index is 0.0398. The van der Waals surface area contributed by atoms with Crippen molar-refractivity contribution in [3.8, 4) is 0 Å². The summed E-state index contributed by atoms with van der Waals surface area (Å²) in [6, 6.07) is 0. The Bertz CT molecular complexity index is 410. The molecule has 0 aromatic carbocycles. The van der Waals surface area contributed by atoms with Crippen LogP contribution >= 0.6 is 11.3 Å². The van der Waals surface area contributed by atoms with Crippen molar-refractivity contribution >= 4 is 22.4 Å². The Morgan fingerprint density at radius 1 is 1.61 bits per heavy atom. The van der Waals surface area contributed by atoms with Crippen LogP contribution < -0.4 is 11.1 Å². The van der Waals surface area contributed by atoms with E-state index in [1.54, 1.807) is 14.0 Å². The van der Waals surface area contributed by atoms with E-state index in [9.17, 15) is 15.0 Å². The summed E-state index contributed by atoms with van der Waals surface area (Å²) >= 11 is 0.959. The van der Waals surface area contributed by atoms with Crippen LogP contribution in [0.2, 0.25) is 0 Å². The Balaban J connectivity index is 2.97. The van der Waals surface area contributed by atoms with Gasteiger partial charge in [0.15, 0.2) is 10.8 Å². The second-order valence-electron chi connectivity index (χ2n) is 3.56. The van der Waals surface area contributed by atoms with Gasteiger partial charge in [-0.1, -0.05) is 11.3 Å². The number of carbonyl (C=O) groups is 1. The second-order valence-corrected chi connectivity index (χ2v) is 4.62. The van der Waals surface area contributed by atoms with Crippen molar-refractivity contribution in [1.82, 2.24) is 10.3 Å². The van der Waals surface area contributed by atoms with Crippen LogP contribution in [-0.2, 0) is 4.74 Å². The van der Waals surface area contributed by atoms with Crippen molar-refractivity contribution in [3.05, 3.63) is 10.6 Å². The van der Waals surface area contributed by atoms with E-state index in [0.29, 0.717) is 0 Å². The predicted octanol–water partition coefficient (Wildman–Crippen LogP) is -0.484. The highest BCUT2D eigenvalue weighted by atomic mass is 32.1. The van der Waals surface area contributed by atoms with Crippen LogP contribution in [0.3, 0.4) is 0 Å². The standard InChI is InChI=1S/C10H17N3O4S/c1-3-17-9(16)6-8(18-10(11)13-6)7(15)5(14)4-12-2/h5,7,12,14-15H,3-4H2,1-2H3,(H2,11,13). The Labute approximate surface area is 109 Å². The number of aliphatic hydroxyl groups excluding tert-OH is 2. The zero-order chi connectivity index (χ0) is 13.7. The predicted molar refractivity (Wildman–Crippen MR) is 67.4 cm³/mol. The molecule has 0 saturated carbocycles. The van der Waals surface area contributed by atoms with Crippen LogP contribution in [0, 0.1) is 0 Å². The van der Waals surface area contributed by atoms with Gasteiger partial charge in [-0.05, 0) is 14.0 Å². The first kappa shape index (κ1) is 14.8. The lowest BCUT2D eigenvalue weighted by atomic mass is 10.1. The molecule has 0 fully saturated rings. The summed E-state index contributed by atoms with van der Waals surface area (Å²) in [5.74, 6) is -0.656. The van der Waals surface area contributed by atoms with E-state index in [4.69, 9.17) is 10.5 Å². The number of nitrogens with one attached hydrogen (secondary N) is 1. The quantitative estimate of drug-likeness (QED) is 0.518. The molecular formula is C10H17N3O4S. The summed E-state index contributed by atoms with van der Waals surface area (Å²) in [4.78, 5) is 15.7. The van der Waals surface area contributed by atoms with Crippen molar-refractivity contribution in [2.24, 2.45) is 0 Å². The van der Waals surface area contributed by atoms with Crippen LogP contribution in [0.1, 0.15) is 28.4 Å². The molecule has 8 heteroatoms. The van der Waals surface area contributed by atoms with E-state index in [2.05, 4.69) is 10.3 Å². The van der Waals surface area contributed by atoms with E-state index in [-0.39, 0.29) is 28.9 Å². The third-order valence-corrected chi connectivity index (χ3v) is 3.14. The summed E-state index contributed by atoms with van der Waals surface area (Å²) in [7, 11) is 1.64. The molecule has 0 aliphatic carbocycles. The summed E-state index contributed by atoms with van der Waals surface area (Å²) in [6.45, 7) is 2.05. The highest BCUT2D eigenvalue weighted by molar-refractivity contribution is 7.15. The zero-order valence-corrected chi connectivity index (χ0v) is 11.0. The lowest BCUT2D eigenvalue weighted by molar-refractivity contribution is 0.0205. The normalized spacial score (nSPS) is 14.2. The SMILES string of the molecule is CCOC(=O)c1nc(N)sc1C(O)C(O)CNC. The average Bonchev–Trinajstić information content (AvgIpc) is 2.71. The lowest BCUT2D eigenvalue weighted by Gasteiger charge is -2.16. The van der Waals surface area contributed by atoms with Crippen molar-refractivity contribution < 1.29 is 19.7 Å². The summed E-state index contributed by atoms with van der Waals surface area (Å²) < 4.78 is 4.81. The van der Waals surface area contributed by atoms with Gasteiger partial charge in [-0.2, -0.15) is 0 Å². The van der Waals surface area contributed by atoms with Gasteiger partial charge in [0.25, 0.3) is 0 Å². The average molecular weight is 275 g/mol. The van der Waals surface area contributed by atoms with E-state index in [1.165, 1.54) is 0 Å². The van der Waals surface area contributed by atoms with Gasteiger partial charge in [0.1, 0.15) is 6.10 Å². The van der Waals surface area contributed by atoms with Crippen LogP contribution in [0.4, 0.5) is 5.13 Å². The number of esters is 1. The number of rotatable bonds is 6. The zero-order valence-electron chi connectivity index (χ0n) is 10.2. The lowest BCUT2D eigenvalue weighted by Crippen LogP contribution is -2.30. The number of nitrogens with zero attached hydrogens (tertiary/aromatic N) is 1. The van der Waals surface area contributed by atoms with E-state index < -0.39 is 18.2 Å². The fourth-order valence-corrected chi connectivity index (χ4v) is 2.26. The number of aliphatic hydroxyl groups is 2. The van der Waals surface area contributed by atoms with Crippen LogP contribution in [0.15, 0.2) is 0 Å². The number of nitrogen functional groups attached to an aromatic ring is 1. The number of carbonyl (C=O) groups excluding carboxylic acids is 1. The first-order chi connectivity index (χ1) is 8.51. The second kappa shape index (κ2) is 6.64. The number of anilines is 1. The molecule has 1 heterocycles. The molecule has 102 valence electrons. The van der Waals surface area contributed by atoms with Crippen LogP contribution in [-0.4, -0.2) is 47.5 Å². The monoisotopic (exact) mass is 275 g/mol. The van der Waals surface area contributed by atoms with Gasteiger partial charge in [0.2, 0.25) is 0 Å². The Morgan fingerprint density at radius 3 is 2.83 bits per heavy atom. The van der Waals surface area contributed by atoms with Crippen molar-refractivity contribution in [2.75, 3.05) is 25.9 Å². The first-order valence-electron chi connectivity index (χ1n) is 5.45. The number of aromatic nitrogens is 1. The molecule has 1 aromatic rings. The number of ether oxygens (including phenoxy) is 1. The van der Waals surface area contributed by atoms with Gasteiger partial charge in [-0.3, -0.25) is 0 Å². The van der Waals surface area contributed by atoms with Crippen molar-refractivity contribution in [2.45, 2.75) is 19.1 Å². The molecular weight excluding hydrogens is 258 g/mol. The molecule has 7 nitrogen and oxygen atoms in total. The summed E-state index contributed by atoms with van der Waals surface area (Å²) in [5.41, 5.74) is 5.48. The Hall–Kier alpha value is -1.22. The molecule has 0 saturated heterocycles. The van der Waals surface area contributed by atoms with E-state index in [0.717, 1.165) is 11.3 Å². The number of thiazole rings is 1. The first-order valence-corrected chi connectivity index (χ1v) is 6.26. The number of hydrogen-bond donors (Lipinski definition) is 4. The topological polar surface area (TPSA) is 118 Å². The number of nitrogens with two attached hydrogens (primary N) is 1. The molecule has 5 N–H and O–H groups in total. The van der Waals surface area contributed by atoms with Crippen molar-refractivity contribution in [1.29, 1.82) is 0 Å². The molecule has 0 bridgehead atoms.